The molecule has 0 atom stereocenters. The minimum Gasteiger partial charge on any atom is -0.299 e. The fourth-order valence-electron chi connectivity index (χ4n) is 4.34. The van der Waals surface area contributed by atoms with E-state index >= 15 is 0 Å². The molecule has 5 aromatic rings. The summed E-state index contributed by atoms with van der Waals surface area (Å²) >= 11 is 1.92. The Morgan fingerprint density at radius 2 is 1.53 bits per heavy atom. The van der Waals surface area contributed by atoms with Crippen molar-refractivity contribution in [2.45, 2.75) is 39.5 Å². The van der Waals surface area contributed by atoms with Gasteiger partial charge in [0.15, 0.2) is 0 Å². The lowest BCUT2D eigenvalue weighted by atomic mass is 9.91. The van der Waals surface area contributed by atoms with Crippen LogP contribution >= 0.6 is 11.3 Å². The van der Waals surface area contributed by atoms with Crippen LogP contribution in [-0.2, 0) is 0 Å². The summed E-state index contributed by atoms with van der Waals surface area (Å²) in [4.78, 5) is 4.76. The van der Waals surface area contributed by atoms with Gasteiger partial charge < -0.3 is 0 Å². The Labute approximate surface area is 181 Å². The molecule has 0 bridgehead atoms. The van der Waals surface area contributed by atoms with Crippen LogP contribution < -0.4 is 0 Å². The number of benzene rings is 3. The number of rotatable bonds is 4. The predicted molar refractivity (Wildman–Crippen MR) is 130 cm³/mol. The zero-order chi connectivity index (χ0) is 20.8. The molecule has 0 radical (unpaired) electrons. The van der Waals surface area contributed by atoms with E-state index in [2.05, 4.69) is 99.1 Å². The van der Waals surface area contributed by atoms with Gasteiger partial charge in [-0.05, 0) is 29.0 Å². The van der Waals surface area contributed by atoms with E-state index in [-0.39, 0.29) is 0 Å². The van der Waals surface area contributed by atoms with Gasteiger partial charge in [0.1, 0.15) is 5.82 Å². The Bertz CT molecular complexity index is 1340. The molecular formula is C27H26N2S. The van der Waals surface area contributed by atoms with E-state index in [0.717, 1.165) is 11.4 Å². The van der Waals surface area contributed by atoms with Crippen molar-refractivity contribution >= 4 is 31.5 Å². The molecular weight excluding hydrogens is 384 g/mol. The Morgan fingerprint density at radius 1 is 0.833 bits per heavy atom. The van der Waals surface area contributed by atoms with Crippen LogP contribution in [0.3, 0.4) is 0 Å². The maximum atomic E-state index is 4.76. The molecule has 3 aromatic carbocycles. The third-order valence-corrected chi connectivity index (χ3v) is 7.06. The number of imidazole rings is 1. The molecule has 3 heteroatoms. The molecule has 0 N–H and O–H groups in total. The highest BCUT2D eigenvalue weighted by molar-refractivity contribution is 7.26. The van der Waals surface area contributed by atoms with Crippen molar-refractivity contribution in [3.8, 4) is 17.1 Å². The third kappa shape index (κ3) is 2.96. The van der Waals surface area contributed by atoms with Crippen molar-refractivity contribution in [1.82, 2.24) is 9.55 Å². The average molecular weight is 411 g/mol. The molecule has 2 aromatic heterocycles. The molecule has 2 nitrogen and oxygen atoms in total. The van der Waals surface area contributed by atoms with E-state index in [1.807, 2.05) is 17.5 Å². The number of hydrogen-bond donors (Lipinski definition) is 0. The van der Waals surface area contributed by atoms with Crippen LogP contribution in [0.15, 0.2) is 73.1 Å². The van der Waals surface area contributed by atoms with Crippen LogP contribution in [0, 0.1) is 0 Å². The molecule has 0 saturated carbocycles. The average Bonchev–Trinajstić information content (AvgIpc) is 3.38. The topological polar surface area (TPSA) is 17.8 Å². The largest absolute Gasteiger partial charge is 0.299 e. The second-order valence-electron chi connectivity index (χ2n) is 8.50. The van der Waals surface area contributed by atoms with Gasteiger partial charge in [-0.15, -0.1) is 11.3 Å². The van der Waals surface area contributed by atoms with Gasteiger partial charge in [0, 0.05) is 38.1 Å². The van der Waals surface area contributed by atoms with Crippen molar-refractivity contribution in [2.75, 3.05) is 0 Å². The van der Waals surface area contributed by atoms with Crippen LogP contribution in [0.1, 0.15) is 50.7 Å². The molecule has 0 unspecified atom stereocenters. The fraction of sp³-hybridized carbons (Fsp3) is 0.222. The molecule has 0 aliphatic heterocycles. The number of aromatic nitrogens is 2. The van der Waals surface area contributed by atoms with Gasteiger partial charge >= 0.3 is 0 Å². The summed E-state index contributed by atoms with van der Waals surface area (Å²) in [5, 5.41) is 2.70. The summed E-state index contributed by atoms with van der Waals surface area (Å²) < 4.78 is 5.05. The van der Waals surface area contributed by atoms with E-state index in [4.69, 9.17) is 4.98 Å². The number of thiophene rings is 1. The molecule has 0 amide bonds. The number of fused-ring (bicyclic) bond motifs is 3. The van der Waals surface area contributed by atoms with E-state index in [1.165, 1.54) is 37.0 Å². The standard InChI is InChI=1S/C27H26N2S/c1-17(2)21-16-22(18(3)4)26-24(20-12-8-9-13-23(20)30-26)25(21)29-15-14-28-27(29)19-10-6-5-7-11-19/h5-18H,1-4H3. The van der Waals surface area contributed by atoms with Crippen molar-refractivity contribution < 1.29 is 0 Å². The summed E-state index contributed by atoms with van der Waals surface area (Å²) in [6.45, 7) is 9.19. The molecule has 0 spiro atoms. The van der Waals surface area contributed by atoms with Crippen LogP contribution in [0.2, 0.25) is 0 Å². The summed E-state index contributed by atoms with van der Waals surface area (Å²) in [5.74, 6) is 1.88. The maximum Gasteiger partial charge on any atom is 0.144 e. The predicted octanol–water partition coefficient (Wildman–Crippen LogP) is 8.15. The second-order valence-corrected chi connectivity index (χ2v) is 9.55. The van der Waals surface area contributed by atoms with E-state index < -0.39 is 0 Å². The Hall–Kier alpha value is -2.91. The molecule has 0 aliphatic carbocycles. The minimum absolute atomic E-state index is 0.409. The van der Waals surface area contributed by atoms with Gasteiger partial charge in [0.05, 0.1) is 5.69 Å². The Balaban J connectivity index is 1.95. The van der Waals surface area contributed by atoms with Crippen LogP contribution in [0.4, 0.5) is 0 Å². The first kappa shape index (κ1) is 19.1. The zero-order valence-electron chi connectivity index (χ0n) is 17.9. The van der Waals surface area contributed by atoms with Gasteiger partial charge in [-0.1, -0.05) is 82.3 Å². The molecule has 150 valence electrons. The van der Waals surface area contributed by atoms with Crippen molar-refractivity contribution in [3.05, 3.63) is 84.2 Å². The summed E-state index contributed by atoms with van der Waals surface area (Å²) in [6, 6.07) is 21.7. The monoisotopic (exact) mass is 410 g/mol. The van der Waals surface area contributed by atoms with E-state index in [0.29, 0.717) is 11.8 Å². The first-order chi connectivity index (χ1) is 14.6. The second kappa shape index (κ2) is 7.41. The maximum absolute atomic E-state index is 4.76. The van der Waals surface area contributed by atoms with Crippen LogP contribution in [0.25, 0.3) is 37.2 Å². The van der Waals surface area contributed by atoms with E-state index in [1.54, 1.807) is 0 Å². The van der Waals surface area contributed by atoms with Crippen LogP contribution in [-0.4, -0.2) is 9.55 Å². The Kier molecular flexibility index (Phi) is 4.71. The minimum atomic E-state index is 0.409. The molecule has 30 heavy (non-hydrogen) atoms. The van der Waals surface area contributed by atoms with Crippen molar-refractivity contribution in [3.63, 3.8) is 0 Å². The van der Waals surface area contributed by atoms with Gasteiger partial charge in [-0.25, -0.2) is 4.98 Å². The first-order valence-electron chi connectivity index (χ1n) is 10.6. The molecule has 0 fully saturated rings. The van der Waals surface area contributed by atoms with Crippen LogP contribution in [0.5, 0.6) is 0 Å². The highest BCUT2D eigenvalue weighted by Crippen LogP contribution is 2.45. The van der Waals surface area contributed by atoms with Crippen molar-refractivity contribution in [2.24, 2.45) is 0 Å². The van der Waals surface area contributed by atoms with Crippen molar-refractivity contribution in [1.29, 1.82) is 0 Å². The smallest absolute Gasteiger partial charge is 0.144 e. The normalized spacial score (nSPS) is 11.9. The van der Waals surface area contributed by atoms with E-state index in [9.17, 15) is 0 Å². The molecule has 0 aliphatic rings. The lowest BCUT2D eigenvalue weighted by Gasteiger charge is -2.21. The lowest BCUT2D eigenvalue weighted by molar-refractivity contribution is 0.831. The fourth-order valence-corrected chi connectivity index (χ4v) is 5.71. The van der Waals surface area contributed by atoms with Gasteiger partial charge in [0.2, 0.25) is 0 Å². The first-order valence-corrected chi connectivity index (χ1v) is 11.4. The SMILES string of the molecule is CC(C)c1cc(C(C)C)c2sc3ccccc3c2c1-n1ccnc1-c1ccccc1. The molecule has 2 heterocycles. The van der Waals surface area contributed by atoms with Gasteiger partial charge in [-0.3, -0.25) is 4.57 Å². The molecule has 0 saturated heterocycles. The highest BCUT2D eigenvalue weighted by Gasteiger charge is 2.23. The zero-order valence-corrected chi connectivity index (χ0v) is 18.7. The lowest BCUT2D eigenvalue weighted by Crippen LogP contribution is -2.05. The Morgan fingerprint density at radius 3 is 2.27 bits per heavy atom. The quantitative estimate of drug-likeness (QED) is 0.292. The molecule has 5 rings (SSSR count). The number of nitrogens with zero attached hydrogens (tertiary/aromatic N) is 2. The number of hydrogen-bond acceptors (Lipinski definition) is 2. The van der Waals surface area contributed by atoms with Gasteiger partial charge in [-0.2, -0.15) is 0 Å². The summed E-state index contributed by atoms with van der Waals surface area (Å²) in [6.07, 6.45) is 4.04. The van der Waals surface area contributed by atoms with Gasteiger partial charge in [0.25, 0.3) is 0 Å². The summed E-state index contributed by atoms with van der Waals surface area (Å²) in [5.41, 5.74) is 5.24. The third-order valence-electron chi connectivity index (χ3n) is 5.84. The highest BCUT2D eigenvalue weighted by atomic mass is 32.1. The summed E-state index contributed by atoms with van der Waals surface area (Å²) in [7, 11) is 0.